The Bertz CT molecular complexity index is 574. The van der Waals surface area contributed by atoms with Crippen molar-refractivity contribution in [2.24, 2.45) is 0 Å². The van der Waals surface area contributed by atoms with E-state index < -0.39 is 17.0 Å². The number of amides is 1. The number of nitro benzene ring substituents is 1. The summed E-state index contributed by atoms with van der Waals surface area (Å²) in [6, 6.07) is 2.32. The molecule has 1 aromatic carbocycles. The first-order valence-corrected chi connectivity index (χ1v) is 5.39. The van der Waals surface area contributed by atoms with Gasteiger partial charge >= 0.3 is 12.1 Å². The summed E-state index contributed by atoms with van der Waals surface area (Å²) >= 11 is 5.65. The summed E-state index contributed by atoms with van der Waals surface area (Å²) in [4.78, 5) is 21.6. The molecule has 1 aliphatic heterocycles. The van der Waals surface area contributed by atoms with Crippen LogP contribution >= 0.6 is 11.6 Å². The largest absolute Gasteiger partial charge is 0.471 e. The molecule has 0 radical (unpaired) electrons. The van der Waals surface area contributed by atoms with Crippen LogP contribution in [0, 0.1) is 10.1 Å². The maximum absolute atomic E-state index is 12.3. The molecular weight excluding hydrogens is 289 g/mol. The van der Waals surface area contributed by atoms with Gasteiger partial charge in [-0.2, -0.15) is 13.2 Å². The molecule has 0 saturated heterocycles. The molecule has 0 fully saturated rings. The van der Waals surface area contributed by atoms with Crippen molar-refractivity contribution in [3.05, 3.63) is 38.4 Å². The molecule has 0 saturated carbocycles. The highest BCUT2D eigenvalue weighted by molar-refractivity contribution is 6.32. The highest BCUT2D eigenvalue weighted by atomic mass is 35.5. The summed E-state index contributed by atoms with van der Waals surface area (Å²) in [7, 11) is 0. The Morgan fingerprint density at radius 1 is 1.32 bits per heavy atom. The molecule has 19 heavy (non-hydrogen) atoms. The lowest BCUT2D eigenvalue weighted by molar-refractivity contribution is -0.384. The third-order valence-corrected chi connectivity index (χ3v) is 3.02. The second kappa shape index (κ2) is 4.37. The Labute approximate surface area is 109 Å². The van der Waals surface area contributed by atoms with Crippen molar-refractivity contribution < 1.29 is 22.9 Å². The van der Waals surface area contributed by atoms with E-state index in [9.17, 15) is 28.1 Å². The number of carbonyl (C=O) groups excluding carboxylic acids is 1. The van der Waals surface area contributed by atoms with E-state index in [1.165, 1.54) is 6.07 Å². The van der Waals surface area contributed by atoms with Crippen molar-refractivity contribution in [2.75, 3.05) is 0 Å². The predicted octanol–water partition coefficient (Wildman–Crippen LogP) is 2.65. The van der Waals surface area contributed by atoms with E-state index in [2.05, 4.69) is 0 Å². The van der Waals surface area contributed by atoms with Gasteiger partial charge in [-0.25, -0.2) is 0 Å². The van der Waals surface area contributed by atoms with E-state index in [1.54, 1.807) is 0 Å². The van der Waals surface area contributed by atoms with E-state index in [1.807, 2.05) is 0 Å². The number of alkyl halides is 3. The lowest BCUT2D eigenvalue weighted by Crippen LogP contribution is -2.37. The summed E-state index contributed by atoms with van der Waals surface area (Å²) in [5.41, 5.74) is 0.295. The van der Waals surface area contributed by atoms with Gasteiger partial charge < -0.3 is 4.90 Å². The molecule has 102 valence electrons. The molecule has 1 aliphatic rings. The minimum absolute atomic E-state index is 0.162. The van der Waals surface area contributed by atoms with Gasteiger partial charge in [0.05, 0.1) is 4.92 Å². The van der Waals surface area contributed by atoms with Crippen LogP contribution in [-0.4, -0.2) is 21.9 Å². The lowest BCUT2D eigenvalue weighted by atomic mass is 10.1. The normalized spacial score (nSPS) is 14.4. The molecule has 1 aromatic rings. The number of hydrogen-bond acceptors (Lipinski definition) is 3. The molecule has 5 nitrogen and oxygen atoms in total. The van der Waals surface area contributed by atoms with Crippen molar-refractivity contribution in [1.82, 2.24) is 4.90 Å². The monoisotopic (exact) mass is 294 g/mol. The van der Waals surface area contributed by atoms with Crippen LogP contribution in [0.3, 0.4) is 0 Å². The van der Waals surface area contributed by atoms with Crippen LogP contribution in [0.1, 0.15) is 11.1 Å². The highest BCUT2D eigenvalue weighted by Gasteiger charge is 2.44. The molecule has 0 aromatic heterocycles. The van der Waals surface area contributed by atoms with E-state index in [0.29, 0.717) is 16.0 Å². The number of hydrogen-bond donors (Lipinski definition) is 0. The van der Waals surface area contributed by atoms with Crippen LogP contribution in [0.5, 0.6) is 0 Å². The smallest absolute Gasteiger partial charge is 0.326 e. The number of nitrogens with zero attached hydrogens (tertiary/aromatic N) is 2. The van der Waals surface area contributed by atoms with Crippen molar-refractivity contribution in [2.45, 2.75) is 19.3 Å². The van der Waals surface area contributed by atoms with Crippen LogP contribution in [0.15, 0.2) is 12.1 Å². The summed E-state index contributed by atoms with van der Waals surface area (Å²) in [5, 5.41) is 10.5. The summed E-state index contributed by atoms with van der Waals surface area (Å²) in [5.74, 6) is -1.97. The Kier molecular flexibility index (Phi) is 3.13. The fourth-order valence-electron chi connectivity index (χ4n) is 1.87. The average Bonchev–Trinajstić information content (AvgIpc) is 2.67. The fraction of sp³-hybridized carbons (Fsp3) is 0.300. The van der Waals surface area contributed by atoms with E-state index >= 15 is 0 Å². The number of nitro groups is 1. The number of fused-ring (bicyclic) bond motifs is 1. The van der Waals surface area contributed by atoms with Gasteiger partial charge in [0, 0.05) is 19.2 Å². The third-order valence-electron chi connectivity index (χ3n) is 2.72. The van der Waals surface area contributed by atoms with Gasteiger partial charge in [-0.3, -0.25) is 14.9 Å². The first-order chi connectivity index (χ1) is 8.70. The fourth-order valence-corrected chi connectivity index (χ4v) is 2.13. The number of benzene rings is 1. The average molecular weight is 295 g/mol. The molecule has 9 heteroatoms. The minimum Gasteiger partial charge on any atom is -0.326 e. The molecule has 0 aliphatic carbocycles. The molecule has 0 unspecified atom stereocenters. The van der Waals surface area contributed by atoms with Crippen molar-refractivity contribution in [3.8, 4) is 0 Å². The van der Waals surface area contributed by atoms with E-state index in [-0.39, 0.29) is 23.8 Å². The minimum atomic E-state index is -4.96. The molecule has 2 rings (SSSR count). The summed E-state index contributed by atoms with van der Waals surface area (Å²) < 4.78 is 36.9. The van der Waals surface area contributed by atoms with Gasteiger partial charge in [0.1, 0.15) is 5.02 Å². The van der Waals surface area contributed by atoms with Crippen LogP contribution < -0.4 is 0 Å². The van der Waals surface area contributed by atoms with Gasteiger partial charge in [0.15, 0.2) is 0 Å². The quantitative estimate of drug-likeness (QED) is 0.591. The second-order valence-electron chi connectivity index (χ2n) is 3.99. The number of halogens is 4. The zero-order chi connectivity index (χ0) is 14.4. The Morgan fingerprint density at radius 3 is 2.32 bits per heavy atom. The van der Waals surface area contributed by atoms with Gasteiger partial charge in [-0.15, -0.1) is 0 Å². The molecular formula is C10H6ClF3N2O3. The van der Waals surface area contributed by atoms with E-state index in [4.69, 9.17) is 11.6 Å². The predicted molar refractivity (Wildman–Crippen MR) is 58.4 cm³/mol. The maximum Gasteiger partial charge on any atom is 0.471 e. The second-order valence-corrected chi connectivity index (χ2v) is 4.40. The SMILES string of the molecule is O=C(N1Cc2cc(Cl)c([N+](=O)[O-])cc2C1)C(F)(F)F. The Morgan fingerprint density at radius 2 is 1.84 bits per heavy atom. The molecule has 0 atom stereocenters. The van der Waals surface area contributed by atoms with Crippen LogP contribution in [0.2, 0.25) is 5.02 Å². The van der Waals surface area contributed by atoms with E-state index in [0.717, 1.165) is 6.07 Å². The zero-order valence-electron chi connectivity index (χ0n) is 9.20. The van der Waals surface area contributed by atoms with Crippen molar-refractivity contribution in [1.29, 1.82) is 0 Å². The molecule has 0 bridgehead atoms. The van der Waals surface area contributed by atoms with Gasteiger partial charge in [-0.1, -0.05) is 11.6 Å². The van der Waals surface area contributed by atoms with Crippen molar-refractivity contribution >= 4 is 23.2 Å². The van der Waals surface area contributed by atoms with Crippen molar-refractivity contribution in [3.63, 3.8) is 0 Å². The lowest BCUT2D eigenvalue weighted by Gasteiger charge is -2.16. The van der Waals surface area contributed by atoms with Crippen LogP contribution in [0.4, 0.5) is 18.9 Å². The zero-order valence-corrected chi connectivity index (χ0v) is 9.96. The van der Waals surface area contributed by atoms with Gasteiger partial charge in [0.25, 0.3) is 5.69 Å². The molecule has 0 spiro atoms. The van der Waals surface area contributed by atoms with Crippen LogP contribution in [0.25, 0.3) is 0 Å². The standard InChI is InChI=1S/C10H6ClF3N2O3/c11-7-1-5-3-15(9(17)10(12,13)14)4-6(5)2-8(7)16(18)19/h1-2H,3-4H2. The Balaban J connectivity index is 2.31. The summed E-state index contributed by atoms with van der Waals surface area (Å²) in [6.07, 6.45) is -4.96. The van der Waals surface area contributed by atoms with Crippen LogP contribution in [-0.2, 0) is 17.9 Å². The first-order valence-electron chi connectivity index (χ1n) is 5.02. The molecule has 1 amide bonds. The van der Waals surface area contributed by atoms with Gasteiger partial charge in [-0.05, 0) is 17.2 Å². The Hall–Kier alpha value is -1.83. The third kappa shape index (κ3) is 2.48. The molecule has 0 N–H and O–H groups in total. The number of carbonyl (C=O) groups is 1. The summed E-state index contributed by atoms with van der Waals surface area (Å²) in [6.45, 7) is -0.572. The number of rotatable bonds is 1. The first kappa shape index (κ1) is 13.6. The topological polar surface area (TPSA) is 63.5 Å². The van der Waals surface area contributed by atoms with Gasteiger partial charge in [0.2, 0.25) is 0 Å². The highest BCUT2D eigenvalue weighted by Crippen LogP contribution is 2.34. The maximum atomic E-state index is 12.3. The molecule has 1 heterocycles.